The molecule has 8 heteroatoms. The number of benzene rings is 1. The van der Waals surface area contributed by atoms with Gasteiger partial charge >= 0.3 is 5.69 Å². The average Bonchev–Trinajstić information content (AvgIpc) is 2.80. The predicted molar refractivity (Wildman–Crippen MR) is 75.5 cm³/mol. The van der Waals surface area contributed by atoms with Crippen LogP contribution in [0.4, 0.5) is 11.6 Å². The number of hydrogen-bond acceptors (Lipinski definition) is 7. The minimum atomic E-state index is -0.512. The standard InChI is InChI=1S/C12H9N5O2S/c13-12-14-6-9(17(18)19)8(16-12)5-11-15-7-3-1-2-4-10(7)20-11/h1-4,6H,5H2,(H2,13,14,16). The number of nitro groups is 1. The van der Waals surface area contributed by atoms with Gasteiger partial charge in [-0.3, -0.25) is 10.1 Å². The van der Waals surface area contributed by atoms with Crippen LogP contribution in [0.5, 0.6) is 0 Å². The van der Waals surface area contributed by atoms with Crippen molar-refractivity contribution in [1.82, 2.24) is 15.0 Å². The number of hydrogen-bond donors (Lipinski definition) is 1. The normalized spacial score (nSPS) is 10.8. The molecule has 0 unspecified atom stereocenters. The molecule has 3 rings (SSSR count). The first kappa shape index (κ1) is 12.4. The Bertz CT molecular complexity index is 768. The number of fused-ring (bicyclic) bond motifs is 1. The summed E-state index contributed by atoms with van der Waals surface area (Å²) >= 11 is 1.48. The third kappa shape index (κ3) is 2.28. The molecule has 7 nitrogen and oxygen atoms in total. The summed E-state index contributed by atoms with van der Waals surface area (Å²) in [5.74, 6) is 0.0201. The zero-order valence-electron chi connectivity index (χ0n) is 10.2. The van der Waals surface area contributed by atoms with Gasteiger partial charge in [0.15, 0.2) is 0 Å². The molecule has 0 saturated carbocycles. The summed E-state index contributed by atoms with van der Waals surface area (Å²) in [4.78, 5) is 22.5. The Morgan fingerprint density at radius 2 is 2.10 bits per heavy atom. The van der Waals surface area contributed by atoms with Crippen molar-refractivity contribution in [1.29, 1.82) is 0 Å². The van der Waals surface area contributed by atoms with Gasteiger partial charge in [-0.1, -0.05) is 12.1 Å². The molecule has 20 heavy (non-hydrogen) atoms. The minimum Gasteiger partial charge on any atom is -0.368 e. The van der Waals surface area contributed by atoms with Crippen LogP contribution in [0.15, 0.2) is 30.5 Å². The molecule has 0 fully saturated rings. The third-order valence-electron chi connectivity index (χ3n) is 2.72. The summed E-state index contributed by atoms with van der Waals surface area (Å²) in [6.07, 6.45) is 1.40. The lowest BCUT2D eigenvalue weighted by atomic mass is 10.2. The van der Waals surface area contributed by atoms with E-state index in [1.807, 2.05) is 24.3 Å². The van der Waals surface area contributed by atoms with E-state index in [-0.39, 0.29) is 23.8 Å². The Hall–Kier alpha value is -2.61. The van der Waals surface area contributed by atoms with Crippen molar-refractivity contribution in [2.24, 2.45) is 0 Å². The number of rotatable bonds is 3. The number of anilines is 1. The van der Waals surface area contributed by atoms with E-state index in [4.69, 9.17) is 5.73 Å². The molecule has 100 valence electrons. The maximum Gasteiger partial charge on any atom is 0.309 e. The highest BCUT2D eigenvalue weighted by atomic mass is 32.1. The Balaban J connectivity index is 2.01. The van der Waals surface area contributed by atoms with E-state index in [0.717, 1.165) is 21.4 Å². The van der Waals surface area contributed by atoms with Crippen LogP contribution in [0.25, 0.3) is 10.2 Å². The lowest BCUT2D eigenvalue weighted by Crippen LogP contribution is -2.04. The molecule has 2 N–H and O–H groups in total. The molecule has 0 atom stereocenters. The lowest BCUT2D eigenvalue weighted by Gasteiger charge is -2.00. The van der Waals surface area contributed by atoms with Crippen LogP contribution in [-0.2, 0) is 6.42 Å². The van der Waals surface area contributed by atoms with E-state index in [0.29, 0.717) is 0 Å². The van der Waals surface area contributed by atoms with Gasteiger partial charge in [-0.05, 0) is 12.1 Å². The summed E-state index contributed by atoms with van der Waals surface area (Å²) in [7, 11) is 0. The van der Waals surface area contributed by atoms with E-state index < -0.39 is 4.92 Å². The van der Waals surface area contributed by atoms with Crippen LogP contribution < -0.4 is 5.73 Å². The molecule has 0 bridgehead atoms. The molecule has 0 aliphatic rings. The Labute approximate surface area is 117 Å². The Morgan fingerprint density at radius 3 is 2.85 bits per heavy atom. The quantitative estimate of drug-likeness (QED) is 0.584. The minimum absolute atomic E-state index is 0.0201. The van der Waals surface area contributed by atoms with Crippen LogP contribution >= 0.6 is 11.3 Å². The SMILES string of the molecule is Nc1ncc([N+](=O)[O-])c(Cc2nc3ccccc3s2)n1. The average molecular weight is 287 g/mol. The molecule has 0 amide bonds. The van der Waals surface area contributed by atoms with Crippen LogP contribution in [0.1, 0.15) is 10.7 Å². The van der Waals surface area contributed by atoms with Gasteiger partial charge in [0, 0.05) is 6.42 Å². The van der Waals surface area contributed by atoms with Crippen molar-refractivity contribution < 1.29 is 4.92 Å². The predicted octanol–water partition coefficient (Wildman–Crippen LogP) is 2.17. The molecule has 0 spiro atoms. The van der Waals surface area contributed by atoms with Crippen molar-refractivity contribution in [3.63, 3.8) is 0 Å². The summed E-state index contributed by atoms with van der Waals surface area (Å²) in [5, 5.41) is 11.7. The molecular formula is C12H9N5O2S. The molecule has 0 radical (unpaired) electrons. The number of para-hydroxylation sites is 1. The van der Waals surface area contributed by atoms with Crippen molar-refractivity contribution in [2.45, 2.75) is 6.42 Å². The molecule has 0 aliphatic carbocycles. The monoisotopic (exact) mass is 287 g/mol. The highest BCUT2D eigenvalue weighted by Crippen LogP contribution is 2.26. The van der Waals surface area contributed by atoms with Gasteiger partial charge in [0.05, 0.1) is 15.1 Å². The van der Waals surface area contributed by atoms with Gasteiger partial charge in [0.25, 0.3) is 0 Å². The van der Waals surface area contributed by atoms with E-state index in [1.54, 1.807) is 0 Å². The number of nitrogens with two attached hydrogens (primary N) is 1. The fraction of sp³-hybridized carbons (Fsp3) is 0.0833. The topological polar surface area (TPSA) is 108 Å². The second-order valence-corrected chi connectivity index (χ2v) is 5.18. The molecule has 2 heterocycles. The first-order valence-electron chi connectivity index (χ1n) is 5.74. The van der Waals surface area contributed by atoms with Gasteiger partial charge in [-0.15, -0.1) is 11.3 Å². The van der Waals surface area contributed by atoms with E-state index in [2.05, 4.69) is 15.0 Å². The van der Waals surface area contributed by atoms with Gasteiger partial charge in [0.2, 0.25) is 5.95 Å². The highest BCUT2D eigenvalue weighted by Gasteiger charge is 2.18. The number of aromatic nitrogens is 3. The van der Waals surface area contributed by atoms with E-state index in [9.17, 15) is 10.1 Å². The summed E-state index contributed by atoms with van der Waals surface area (Å²) in [5.41, 5.74) is 6.51. The summed E-state index contributed by atoms with van der Waals surface area (Å²) in [6, 6.07) is 7.68. The van der Waals surface area contributed by atoms with Gasteiger partial charge < -0.3 is 5.73 Å². The molecule has 1 aromatic carbocycles. The van der Waals surface area contributed by atoms with E-state index in [1.165, 1.54) is 11.3 Å². The number of thiazole rings is 1. The zero-order chi connectivity index (χ0) is 14.1. The maximum atomic E-state index is 11.0. The highest BCUT2D eigenvalue weighted by molar-refractivity contribution is 7.18. The van der Waals surface area contributed by atoms with Crippen LogP contribution in [-0.4, -0.2) is 19.9 Å². The largest absolute Gasteiger partial charge is 0.368 e. The lowest BCUT2D eigenvalue weighted by molar-refractivity contribution is -0.386. The summed E-state index contributed by atoms with van der Waals surface area (Å²) < 4.78 is 1.03. The molecule has 3 aromatic rings. The van der Waals surface area contributed by atoms with Crippen molar-refractivity contribution >= 4 is 33.2 Å². The number of nitrogen functional groups attached to an aromatic ring is 1. The zero-order valence-corrected chi connectivity index (χ0v) is 11.0. The van der Waals surface area contributed by atoms with Crippen LogP contribution in [0, 0.1) is 10.1 Å². The van der Waals surface area contributed by atoms with Crippen LogP contribution in [0.3, 0.4) is 0 Å². The van der Waals surface area contributed by atoms with Crippen LogP contribution in [0.2, 0.25) is 0 Å². The van der Waals surface area contributed by atoms with Gasteiger partial charge in [-0.2, -0.15) is 0 Å². The third-order valence-corrected chi connectivity index (χ3v) is 3.75. The fourth-order valence-electron chi connectivity index (χ4n) is 1.85. The number of nitrogens with zero attached hydrogens (tertiary/aromatic N) is 4. The van der Waals surface area contributed by atoms with E-state index >= 15 is 0 Å². The first-order valence-corrected chi connectivity index (χ1v) is 6.55. The van der Waals surface area contributed by atoms with Crippen molar-refractivity contribution in [2.75, 3.05) is 5.73 Å². The molecule has 2 aromatic heterocycles. The second kappa shape index (κ2) is 4.82. The Kier molecular flexibility index (Phi) is 2.99. The van der Waals surface area contributed by atoms with Gasteiger partial charge in [-0.25, -0.2) is 15.0 Å². The van der Waals surface area contributed by atoms with Crippen molar-refractivity contribution in [3.8, 4) is 0 Å². The molecule has 0 aliphatic heterocycles. The Morgan fingerprint density at radius 1 is 1.30 bits per heavy atom. The maximum absolute atomic E-state index is 11.0. The molecular weight excluding hydrogens is 278 g/mol. The summed E-state index contributed by atoms with van der Waals surface area (Å²) in [6.45, 7) is 0. The van der Waals surface area contributed by atoms with Crippen molar-refractivity contribution in [3.05, 3.63) is 51.3 Å². The fourth-order valence-corrected chi connectivity index (χ4v) is 2.82. The smallest absolute Gasteiger partial charge is 0.309 e. The van der Waals surface area contributed by atoms with Gasteiger partial charge in [0.1, 0.15) is 16.9 Å². The second-order valence-electron chi connectivity index (χ2n) is 4.07. The molecule has 0 saturated heterocycles. The first-order chi connectivity index (χ1) is 9.63.